The molecule has 2 rings (SSSR count). The van der Waals surface area contributed by atoms with E-state index in [1.807, 2.05) is 43.3 Å². The molecule has 1 heterocycles. The number of hydrogen-bond donors (Lipinski definition) is 1. The molecule has 110 valence electrons. The van der Waals surface area contributed by atoms with E-state index in [0.717, 1.165) is 17.9 Å². The molecule has 0 fully saturated rings. The lowest BCUT2D eigenvalue weighted by molar-refractivity contribution is -0.135. The van der Waals surface area contributed by atoms with Crippen molar-refractivity contribution in [3.05, 3.63) is 29.8 Å². The monoisotopic (exact) mass is 277 g/mol. The fourth-order valence-electron chi connectivity index (χ4n) is 2.46. The molecule has 0 saturated heterocycles. The molecule has 2 atom stereocenters. The van der Waals surface area contributed by atoms with Crippen molar-refractivity contribution in [3.63, 3.8) is 0 Å². The Balaban J connectivity index is 2.28. The van der Waals surface area contributed by atoms with Crippen molar-refractivity contribution in [1.82, 2.24) is 9.80 Å². The second-order valence-corrected chi connectivity index (χ2v) is 5.59. The molecular formula is C15H23N3O2. The summed E-state index contributed by atoms with van der Waals surface area (Å²) in [6, 6.07) is 7.36. The number of fused-ring (bicyclic) bond motifs is 1. The van der Waals surface area contributed by atoms with Crippen LogP contribution >= 0.6 is 0 Å². The Labute approximate surface area is 120 Å². The molecule has 0 spiro atoms. The van der Waals surface area contributed by atoms with E-state index in [0.29, 0.717) is 13.2 Å². The number of amides is 1. The molecule has 1 aromatic carbocycles. The summed E-state index contributed by atoms with van der Waals surface area (Å²) in [5.41, 5.74) is 6.82. The van der Waals surface area contributed by atoms with E-state index in [-0.39, 0.29) is 11.9 Å². The van der Waals surface area contributed by atoms with E-state index in [2.05, 4.69) is 4.90 Å². The lowest BCUT2D eigenvalue weighted by Gasteiger charge is -2.32. The normalized spacial score (nSPS) is 20.1. The van der Waals surface area contributed by atoms with Crippen LogP contribution < -0.4 is 10.5 Å². The lowest BCUT2D eigenvalue weighted by atomic mass is 10.1. The summed E-state index contributed by atoms with van der Waals surface area (Å²) in [5, 5.41) is 0. The topological polar surface area (TPSA) is 58.8 Å². The molecule has 20 heavy (non-hydrogen) atoms. The minimum absolute atomic E-state index is 0.0101. The first-order chi connectivity index (χ1) is 9.49. The summed E-state index contributed by atoms with van der Waals surface area (Å²) in [5.74, 6) is 0.827. The largest absolute Gasteiger partial charge is 0.491 e. The third-order valence-electron chi connectivity index (χ3n) is 3.43. The molecule has 2 unspecified atom stereocenters. The molecule has 0 aliphatic carbocycles. The standard InChI is InChI=1S/C15H23N3O2/c1-11(16)15(19)18-8-12-6-4-5-7-14(12)20-10-13(18)9-17(2)3/h4-7,11,13H,8-10,16H2,1-3H3. The number of rotatable bonds is 3. The molecule has 0 radical (unpaired) electrons. The van der Waals surface area contributed by atoms with Crippen molar-refractivity contribution in [2.24, 2.45) is 5.73 Å². The van der Waals surface area contributed by atoms with E-state index >= 15 is 0 Å². The first-order valence-electron chi connectivity index (χ1n) is 6.90. The zero-order chi connectivity index (χ0) is 14.7. The molecule has 1 aromatic rings. The van der Waals surface area contributed by atoms with Gasteiger partial charge in [-0.15, -0.1) is 0 Å². The fraction of sp³-hybridized carbons (Fsp3) is 0.533. The maximum Gasteiger partial charge on any atom is 0.239 e. The van der Waals surface area contributed by atoms with Crippen molar-refractivity contribution in [1.29, 1.82) is 0 Å². The zero-order valence-electron chi connectivity index (χ0n) is 12.4. The van der Waals surface area contributed by atoms with Crippen LogP contribution in [0.15, 0.2) is 24.3 Å². The maximum atomic E-state index is 12.4. The molecule has 1 amide bonds. The van der Waals surface area contributed by atoms with Crippen LogP contribution in [0.5, 0.6) is 5.75 Å². The zero-order valence-corrected chi connectivity index (χ0v) is 12.4. The number of para-hydroxylation sites is 1. The van der Waals surface area contributed by atoms with Crippen molar-refractivity contribution in [2.45, 2.75) is 25.6 Å². The van der Waals surface area contributed by atoms with Crippen molar-refractivity contribution in [3.8, 4) is 5.75 Å². The number of carbonyl (C=O) groups is 1. The number of ether oxygens (including phenoxy) is 1. The van der Waals surface area contributed by atoms with Crippen LogP contribution in [0.3, 0.4) is 0 Å². The van der Waals surface area contributed by atoms with Crippen molar-refractivity contribution >= 4 is 5.91 Å². The summed E-state index contributed by atoms with van der Waals surface area (Å²) >= 11 is 0. The molecule has 0 bridgehead atoms. The first kappa shape index (κ1) is 14.8. The van der Waals surface area contributed by atoms with Crippen LogP contribution in [-0.4, -0.2) is 55.0 Å². The Bertz CT molecular complexity index is 474. The summed E-state index contributed by atoms with van der Waals surface area (Å²) in [4.78, 5) is 16.3. The molecule has 5 nitrogen and oxygen atoms in total. The van der Waals surface area contributed by atoms with Crippen LogP contribution in [0.25, 0.3) is 0 Å². The Kier molecular flexibility index (Phi) is 4.62. The predicted molar refractivity (Wildman–Crippen MR) is 78.5 cm³/mol. The predicted octanol–water partition coefficient (Wildman–Crippen LogP) is 0.685. The van der Waals surface area contributed by atoms with Crippen LogP contribution in [0.4, 0.5) is 0 Å². The van der Waals surface area contributed by atoms with Gasteiger partial charge in [0.05, 0.1) is 12.1 Å². The third kappa shape index (κ3) is 3.29. The van der Waals surface area contributed by atoms with Crippen molar-refractivity contribution in [2.75, 3.05) is 27.2 Å². The van der Waals surface area contributed by atoms with Gasteiger partial charge in [-0.05, 0) is 27.1 Å². The number of hydrogen-bond acceptors (Lipinski definition) is 4. The van der Waals surface area contributed by atoms with Gasteiger partial charge in [-0.1, -0.05) is 18.2 Å². The Morgan fingerprint density at radius 2 is 2.20 bits per heavy atom. The average Bonchev–Trinajstić information content (AvgIpc) is 2.57. The summed E-state index contributed by atoms with van der Waals surface area (Å²) in [6.45, 7) is 3.53. The van der Waals surface area contributed by atoms with Crippen LogP contribution in [-0.2, 0) is 11.3 Å². The van der Waals surface area contributed by atoms with E-state index in [1.54, 1.807) is 6.92 Å². The second kappa shape index (κ2) is 6.24. The molecule has 0 aromatic heterocycles. The Morgan fingerprint density at radius 1 is 1.50 bits per heavy atom. The van der Waals surface area contributed by atoms with E-state index in [1.165, 1.54) is 0 Å². The first-order valence-corrected chi connectivity index (χ1v) is 6.90. The van der Waals surface area contributed by atoms with E-state index in [9.17, 15) is 4.79 Å². The van der Waals surface area contributed by atoms with Gasteiger partial charge in [0, 0.05) is 18.7 Å². The summed E-state index contributed by atoms with van der Waals surface area (Å²) < 4.78 is 5.86. The van der Waals surface area contributed by atoms with Crippen LogP contribution in [0.1, 0.15) is 12.5 Å². The maximum absolute atomic E-state index is 12.4. The minimum Gasteiger partial charge on any atom is -0.491 e. The lowest BCUT2D eigenvalue weighted by Crippen LogP contribution is -2.51. The minimum atomic E-state index is -0.495. The molecular weight excluding hydrogens is 254 g/mol. The number of benzene rings is 1. The number of carbonyl (C=O) groups excluding carboxylic acids is 1. The SMILES string of the molecule is CC(N)C(=O)N1Cc2ccccc2OCC1CN(C)C. The average molecular weight is 277 g/mol. The molecule has 0 saturated carbocycles. The van der Waals surface area contributed by atoms with Crippen LogP contribution in [0, 0.1) is 0 Å². The van der Waals surface area contributed by atoms with Gasteiger partial charge < -0.3 is 20.3 Å². The molecule has 1 aliphatic heterocycles. The molecule has 1 aliphatic rings. The number of likely N-dealkylation sites (N-methyl/N-ethyl adjacent to an activating group) is 1. The number of nitrogens with two attached hydrogens (primary N) is 1. The highest BCUT2D eigenvalue weighted by molar-refractivity contribution is 5.81. The number of nitrogens with zero attached hydrogens (tertiary/aromatic N) is 2. The smallest absolute Gasteiger partial charge is 0.239 e. The summed E-state index contributed by atoms with van der Waals surface area (Å²) in [6.07, 6.45) is 0. The van der Waals surface area contributed by atoms with Gasteiger partial charge in [0.15, 0.2) is 0 Å². The van der Waals surface area contributed by atoms with E-state index < -0.39 is 6.04 Å². The third-order valence-corrected chi connectivity index (χ3v) is 3.43. The van der Waals surface area contributed by atoms with Gasteiger partial charge in [0.1, 0.15) is 12.4 Å². The van der Waals surface area contributed by atoms with Gasteiger partial charge in [-0.3, -0.25) is 4.79 Å². The quantitative estimate of drug-likeness (QED) is 0.883. The van der Waals surface area contributed by atoms with Crippen molar-refractivity contribution < 1.29 is 9.53 Å². The Morgan fingerprint density at radius 3 is 2.85 bits per heavy atom. The second-order valence-electron chi connectivity index (χ2n) is 5.59. The molecule has 5 heteroatoms. The van der Waals surface area contributed by atoms with Gasteiger partial charge in [-0.2, -0.15) is 0 Å². The fourth-order valence-corrected chi connectivity index (χ4v) is 2.46. The van der Waals surface area contributed by atoms with E-state index in [4.69, 9.17) is 10.5 Å². The van der Waals surface area contributed by atoms with Crippen LogP contribution in [0.2, 0.25) is 0 Å². The van der Waals surface area contributed by atoms with Gasteiger partial charge >= 0.3 is 0 Å². The van der Waals surface area contributed by atoms with Gasteiger partial charge in [0.25, 0.3) is 0 Å². The Hall–Kier alpha value is -1.59. The molecule has 2 N–H and O–H groups in total. The van der Waals surface area contributed by atoms with Gasteiger partial charge in [0.2, 0.25) is 5.91 Å². The highest BCUT2D eigenvalue weighted by Gasteiger charge is 2.30. The highest BCUT2D eigenvalue weighted by atomic mass is 16.5. The highest BCUT2D eigenvalue weighted by Crippen LogP contribution is 2.25. The van der Waals surface area contributed by atoms with Gasteiger partial charge in [-0.25, -0.2) is 0 Å². The summed E-state index contributed by atoms with van der Waals surface area (Å²) in [7, 11) is 3.99.